The Morgan fingerprint density at radius 3 is 2.56 bits per heavy atom. The molecular weight excluding hydrogens is 292 g/mol. The number of nitrogens with two attached hydrogens (primary N) is 1. The van der Waals surface area contributed by atoms with Gasteiger partial charge in [-0.2, -0.15) is 0 Å². The van der Waals surface area contributed by atoms with Crippen molar-refractivity contribution in [3.63, 3.8) is 0 Å². The molecule has 98 valence electrons. The molecule has 1 aromatic rings. The summed E-state index contributed by atoms with van der Waals surface area (Å²) in [7, 11) is 0. The Morgan fingerprint density at radius 2 is 2.00 bits per heavy atom. The summed E-state index contributed by atoms with van der Waals surface area (Å²) in [5.74, 6) is 0.666. The second-order valence-corrected chi connectivity index (χ2v) is 5.82. The summed E-state index contributed by atoms with van der Waals surface area (Å²) < 4.78 is 0.865. The van der Waals surface area contributed by atoms with Gasteiger partial charge in [-0.1, -0.05) is 12.1 Å². The fraction of sp³-hybridized carbons (Fsp3) is 0.500. The van der Waals surface area contributed by atoms with Crippen LogP contribution in [0, 0.1) is 5.92 Å². The number of hydrogen-bond acceptors (Lipinski definition) is 2. The van der Waals surface area contributed by atoms with Crippen molar-refractivity contribution >= 4 is 21.8 Å². The van der Waals surface area contributed by atoms with Crippen molar-refractivity contribution in [1.29, 1.82) is 0 Å². The van der Waals surface area contributed by atoms with E-state index in [2.05, 4.69) is 22.9 Å². The summed E-state index contributed by atoms with van der Waals surface area (Å²) in [4.78, 5) is 14.3. The molecule has 1 heterocycles. The predicted octanol–water partition coefficient (Wildman–Crippen LogP) is 2.65. The molecule has 1 unspecified atom stereocenters. The Balaban J connectivity index is 2.02. The van der Waals surface area contributed by atoms with Crippen molar-refractivity contribution in [2.24, 2.45) is 11.7 Å². The molecule has 0 saturated carbocycles. The molecule has 0 aromatic heterocycles. The van der Waals surface area contributed by atoms with Crippen LogP contribution in [0.15, 0.2) is 28.7 Å². The topological polar surface area (TPSA) is 46.3 Å². The SMILES string of the molecule is CC(N)C1CCN(C(=O)c2ccccc2Br)CC1. The maximum Gasteiger partial charge on any atom is 0.254 e. The monoisotopic (exact) mass is 310 g/mol. The van der Waals surface area contributed by atoms with Crippen LogP contribution in [0.25, 0.3) is 0 Å². The highest BCUT2D eigenvalue weighted by Crippen LogP contribution is 2.23. The molecule has 0 aliphatic carbocycles. The molecule has 4 heteroatoms. The first-order valence-corrected chi connectivity index (χ1v) is 7.18. The lowest BCUT2D eigenvalue weighted by Gasteiger charge is -2.33. The third kappa shape index (κ3) is 2.93. The fourth-order valence-corrected chi connectivity index (χ4v) is 2.89. The minimum absolute atomic E-state index is 0.116. The van der Waals surface area contributed by atoms with Gasteiger partial charge in [0.25, 0.3) is 5.91 Å². The van der Waals surface area contributed by atoms with Gasteiger partial charge >= 0.3 is 0 Å². The van der Waals surface area contributed by atoms with E-state index in [0.29, 0.717) is 5.92 Å². The normalized spacial score (nSPS) is 18.7. The standard InChI is InChI=1S/C14H19BrN2O/c1-10(16)11-6-8-17(9-7-11)14(18)12-4-2-3-5-13(12)15/h2-5,10-11H,6-9,16H2,1H3. The average molecular weight is 311 g/mol. The van der Waals surface area contributed by atoms with Crippen LogP contribution in [0.2, 0.25) is 0 Å². The van der Waals surface area contributed by atoms with Gasteiger partial charge in [0.05, 0.1) is 5.56 Å². The number of rotatable bonds is 2. The zero-order chi connectivity index (χ0) is 13.1. The third-order valence-corrected chi connectivity index (χ3v) is 4.37. The highest BCUT2D eigenvalue weighted by molar-refractivity contribution is 9.10. The number of piperidine rings is 1. The Hall–Kier alpha value is -0.870. The van der Waals surface area contributed by atoms with Crippen molar-refractivity contribution in [2.75, 3.05) is 13.1 Å². The second-order valence-electron chi connectivity index (χ2n) is 4.97. The Bertz CT molecular complexity index is 426. The molecule has 0 spiro atoms. The molecule has 18 heavy (non-hydrogen) atoms. The van der Waals surface area contributed by atoms with E-state index in [4.69, 9.17) is 5.73 Å². The van der Waals surface area contributed by atoms with Gasteiger partial charge in [-0.15, -0.1) is 0 Å². The Morgan fingerprint density at radius 1 is 1.39 bits per heavy atom. The van der Waals surface area contributed by atoms with Gasteiger partial charge < -0.3 is 10.6 Å². The molecule has 1 aromatic carbocycles. The highest BCUT2D eigenvalue weighted by atomic mass is 79.9. The molecule has 2 rings (SSSR count). The van der Waals surface area contributed by atoms with Crippen LogP contribution >= 0.6 is 15.9 Å². The second kappa shape index (κ2) is 5.85. The number of hydrogen-bond donors (Lipinski definition) is 1. The summed E-state index contributed by atoms with van der Waals surface area (Å²) in [6.45, 7) is 3.68. The first kappa shape index (κ1) is 13.6. The van der Waals surface area contributed by atoms with E-state index in [-0.39, 0.29) is 11.9 Å². The third-order valence-electron chi connectivity index (χ3n) is 3.67. The van der Waals surface area contributed by atoms with Crippen LogP contribution in [-0.2, 0) is 0 Å². The van der Waals surface area contributed by atoms with E-state index >= 15 is 0 Å². The maximum atomic E-state index is 12.4. The van der Waals surface area contributed by atoms with Gasteiger partial charge in [0.15, 0.2) is 0 Å². The molecule has 1 amide bonds. The van der Waals surface area contributed by atoms with E-state index in [0.717, 1.165) is 36.0 Å². The van der Waals surface area contributed by atoms with Crippen molar-refractivity contribution in [2.45, 2.75) is 25.8 Å². The smallest absolute Gasteiger partial charge is 0.254 e. The van der Waals surface area contributed by atoms with Crippen LogP contribution in [-0.4, -0.2) is 29.9 Å². The lowest BCUT2D eigenvalue weighted by molar-refractivity contribution is 0.0680. The van der Waals surface area contributed by atoms with Crippen LogP contribution in [0.1, 0.15) is 30.1 Å². The van der Waals surface area contributed by atoms with Crippen LogP contribution in [0.3, 0.4) is 0 Å². The van der Waals surface area contributed by atoms with E-state index in [1.807, 2.05) is 29.2 Å². The molecule has 1 aliphatic rings. The van der Waals surface area contributed by atoms with Crippen LogP contribution in [0.5, 0.6) is 0 Å². The summed E-state index contributed by atoms with van der Waals surface area (Å²) in [6, 6.07) is 7.81. The molecular formula is C14H19BrN2O. The molecule has 1 fully saturated rings. The van der Waals surface area contributed by atoms with Crippen molar-refractivity contribution in [1.82, 2.24) is 4.90 Å². The molecule has 1 saturated heterocycles. The highest BCUT2D eigenvalue weighted by Gasteiger charge is 2.26. The van der Waals surface area contributed by atoms with E-state index in [1.54, 1.807) is 0 Å². The Kier molecular flexibility index (Phi) is 4.40. The summed E-state index contributed by atoms with van der Waals surface area (Å²) in [6.07, 6.45) is 2.02. The summed E-state index contributed by atoms with van der Waals surface area (Å²) in [5.41, 5.74) is 6.66. The van der Waals surface area contributed by atoms with Gasteiger partial charge in [-0.25, -0.2) is 0 Å². The zero-order valence-electron chi connectivity index (χ0n) is 10.6. The van der Waals surface area contributed by atoms with Crippen LogP contribution < -0.4 is 5.73 Å². The number of carbonyl (C=O) groups is 1. The molecule has 3 nitrogen and oxygen atoms in total. The van der Waals surface area contributed by atoms with E-state index in [1.165, 1.54) is 0 Å². The van der Waals surface area contributed by atoms with Gasteiger partial charge in [-0.3, -0.25) is 4.79 Å². The van der Waals surface area contributed by atoms with E-state index < -0.39 is 0 Å². The molecule has 0 bridgehead atoms. The number of carbonyl (C=O) groups excluding carboxylic acids is 1. The quantitative estimate of drug-likeness (QED) is 0.913. The molecule has 1 atom stereocenters. The van der Waals surface area contributed by atoms with Crippen molar-refractivity contribution in [3.8, 4) is 0 Å². The average Bonchev–Trinajstić information content (AvgIpc) is 2.38. The minimum atomic E-state index is 0.116. The molecule has 2 N–H and O–H groups in total. The summed E-state index contributed by atoms with van der Waals surface area (Å²) >= 11 is 3.43. The summed E-state index contributed by atoms with van der Waals surface area (Å²) in [5, 5.41) is 0. The van der Waals surface area contributed by atoms with Gasteiger partial charge in [-0.05, 0) is 53.7 Å². The number of nitrogens with zero attached hydrogens (tertiary/aromatic N) is 1. The van der Waals surface area contributed by atoms with Crippen molar-refractivity contribution in [3.05, 3.63) is 34.3 Å². The largest absolute Gasteiger partial charge is 0.339 e. The lowest BCUT2D eigenvalue weighted by Crippen LogP contribution is -2.42. The minimum Gasteiger partial charge on any atom is -0.339 e. The number of likely N-dealkylation sites (tertiary alicyclic amines) is 1. The van der Waals surface area contributed by atoms with E-state index in [9.17, 15) is 4.79 Å². The number of amides is 1. The first-order chi connectivity index (χ1) is 8.59. The predicted molar refractivity (Wildman–Crippen MR) is 76.4 cm³/mol. The van der Waals surface area contributed by atoms with Crippen molar-refractivity contribution < 1.29 is 4.79 Å². The van der Waals surface area contributed by atoms with Gasteiger partial charge in [0.1, 0.15) is 0 Å². The number of benzene rings is 1. The Labute approximate surface area is 116 Å². The fourth-order valence-electron chi connectivity index (χ4n) is 2.43. The first-order valence-electron chi connectivity index (χ1n) is 6.39. The van der Waals surface area contributed by atoms with Gasteiger partial charge in [0, 0.05) is 23.6 Å². The number of halogens is 1. The molecule has 0 radical (unpaired) electrons. The molecule has 1 aliphatic heterocycles. The zero-order valence-corrected chi connectivity index (χ0v) is 12.2. The van der Waals surface area contributed by atoms with Crippen LogP contribution in [0.4, 0.5) is 0 Å². The van der Waals surface area contributed by atoms with Gasteiger partial charge in [0.2, 0.25) is 0 Å². The maximum absolute atomic E-state index is 12.4. The lowest BCUT2D eigenvalue weighted by atomic mass is 9.90.